The molecule has 2 rings (SSSR count). The molecule has 0 aliphatic carbocycles. The van der Waals surface area contributed by atoms with Crippen molar-refractivity contribution in [1.29, 1.82) is 5.26 Å². The van der Waals surface area contributed by atoms with E-state index in [9.17, 15) is 9.59 Å². The molecule has 1 heterocycles. The molecule has 0 aromatic heterocycles. The van der Waals surface area contributed by atoms with E-state index in [1.165, 1.54) is 0 Å². The van der Waals surface area contributed by atoms with Gasteiger partial charge >= 0.3 is 0 Å². The molecule has 1 atom stereocenters. The second-order valence-electron chi connectivity index (χ2n) is 5.19. The molecule has 1 saturated heterocycles. The third kappa shape index (κ3) is 4.14. The molecular formula is C16H19N3O2. The minimum atomic E-state index is -0.132. The summed E-state index contributed by atoms with van der Waals surface area (Å²) in [7, 11) is 0. The topological polar surface area (TPSA) is 73.2 Å². The molecule has 1 aromatic carbocycles. The maximum atomic E-state index is 12.0. The van der Waals surface area contributed by atoms with E-state index in [0.717, 1.165) is 32.1 Å². The number of carbonyl (C=O) groups is 2. The number of aldehydes is 1. The van der Waals surface area contributed by atoms with Crippen molar-refractivity contribution in [3.05, 3.63) is 29.8 Å². The van der Waals surface area contributed by atoms with Gasteiger partial charge in [-0.2, -0.15) is 5.26 Å². The van der Waals surface area contributed by atoms with Crippen molar-refractivity contribution in [1.82, 2.24) is 4.90 Å². The smallest absolute Gasteiger partial charge is 0.225 e. The zero-order chi connectivity index (χ0) is 15.1. The summed E-state index contributed by atoms with van der Waals surface area (Å²) in [5.74, 6) is -0.132. The lowest BCUT2D eigenvalue weighted by Gasteiger charge is -2.31. The molecule has 1 N–H and O–H groups in total. The van der Waals surface area contributed by atoms with E-state index in [1.54, 1.807) is 24.3 Å². The first-order valence-corrected chi connectivity index (χ1v) is 7.23. The molecule has 0 bridgehead atoms. The van der Waals surface area contributed by atoms with Gasteiger partial charge in [-0.25, -0.2) is 0 Å². The van der Waals surface area contributed by atoms with Crippen molar-refractivity contribution in [2.75, 3.05) is 18.4 Å². The number of anilines is 1. The molecule has 1 unspecified atom stereocenters. The number of amides is 1. The Hall–Kier alpha value is -2.19. The van der Waals surface area contributed by atoms with E-state index in [0.29, 0.717) is 24.2 Å². The van der Waals surface area contributed by atoms with Gasteiger partial charge < -0.3 is 10.1 Å². The number of piperidine rings is 1. The van der Waals surface area contributed by atoms with Gasteiger partial charge in [0.1, 0.15) is 12.4 Å². The fourth-order valence-electron chi connectivity index (χ4n) is 2.60. The van der Waals surface area contributed by atoms with Crippen molar-refractivity contribution >= 4 is 17.9 Å². The van der Waals surface area contributed by atoms with Crippen LogP contribution in [0.1, 0.15) is 31.2 Å². The third-order valence-corrected chi connectivity index (χ3v) is 3.77. The highest BCUT2D eigenvalue weighted by Crippen LogP contribution is 2.17. The van der Waals surface area contributed by atoms with Crippen molar-refractivity contribution in [2.45, 2.75) is 31.7 Å². The Balaban J connectivity index is 1.87. The molecule has 1 fully saturated rings. The predicted octanol–water partition coefficient (Wildman–Crippen LogP) is 1.94. The second kappa shape index (κ2) is 7.55. The number of hydrogen-bond acceptors (Lipinski definition) is 4. The highest BCUT2D eigenvalue weighted by Gasteiger charge is 2.22. The summed E-state index contributed by atoms with van der Waals surface area (Å²) in [6.45, 7) is 1.44. The fourth-order valence-corrected chi connectivity index (χ4v) is 2.60. The molecule has 5 heteroatoms. The number of rotatable bonds is 5. The van der Waals surface area contributed by atoms with Gasteiger partial charge in [0.05, 0.1) is 17.3 Å². The van der Waals surface area contributed by atoms with Crippen LogP contribution < -0.4 is 5.32 Å². The average molecular weight is 285 g/mol. The summed E-state index contributed by atoms with van der Waals surface area (Å²) in [6.07, 6.45) is 4.32. The Morgan fingerprint density at radius 3 is 3.00 bits per heavy atom. The van der Waals surface area contributed by atoms with Crippen molar-refractivity contribution in [3.63, 3.8) is 0 Å². The fraction of sp³-hybridized carbons (Fsp3) is 0.438. The monoisotopic (exact) mass is 285 g/mol. The molecule has 1 aliphatic heterocycles. The number of carbonyl (C=O) groups excluding carboxylic acids is 2. The number of para-hydroxylation sites is 1. The van der Waals surface area contributed by atoms with Crippen LogP contribution in [-0.4, -0.2) is 36.2 Å². The molecule has 0 spiro atoms. The van der Waals surface area contributed by atoms with Gasteiger partial charge in [0.15, 0.2) is 0 Å². The molecule has 21 heavy (non-hydrogen) atoms. The van der Waals surface area contributed by atoms with E-state index in [1.807, 2.05) is 0 Å². The number of benzene rings is 1. The van der Waals surface area contributed by atoms with Crippen LogP contribution >= 0.6 is 0 Å². The maximum Gasteiger partial charge on any atom is 0.225 e. The molecule has 1 amide bonds. The Morgan fingerprint density at radius 2 is 2.24 bits per heavy atom. The van der Waals surface area contributed by atoms with Gasteiger partial charge in [-0.1, -0.05) is 18.6 Å². The summed E-state index contributed by atoms with van der Waals surface area (Å²) in [6, 6.07) is 8.92. The molecule has 0 saturated carbocycles. The van der Waals surface area contributed by atoms with E-state index >= 15 is 0 Å². The molecule has 0 radical (unpaired) electrons. The first-order valence-electron chi connectivity index (χ1n) is 7.23. The second-order valence-corrected chi connectivity index (χ2v) is 5.19. The Kier molecular flexibility index (Phi) is 5.47. The van der Waals surface area contributed by atoms with Crippen molar-refractivity contribution in [3.8, 4) is 6.07 Å². The summed E-state index contributed by atoms with van der Waals surface area (Å²) < 4.78 is 0. The summed E-state index contributed by atoms with van der Waals surface area (Å²) >= 11 is 0. The van der Waals surface area contributed by atoms with E-state index < -0.39 is 0 Å². The summed E-state index contributed by atoms with van der Waals surface area (Å²) in [4.78, 5) is 25.1. The largest absolute Gasteiger partial charge is 0.325 e. The van der Waals surface area contributed by atoms with E-state index in [2.05, 4.69) is 16.3 Å². The van der Waals surface area contributed by atoms with E-state index in [-0.39, 0.29) is 11.9 Å². The third-order valence-electron chi connectivity index (χ3n) is 3.77. The van der Waals surface area contributed by atoms with Crippen LogP contribution in [0.5, 0.6) is 0 Å². The zero-order valence-corrected chi connectivity index (χ0v) is 11.9. The first-order chi connectivity index (χ1) is 10.2. The number of nitrogens with one attached hydrogen (secondary N) is 1. The van der Waals surface area contributed by atoms with Gasteiger partial charge in [0.25, 0.3) is 0 Å². The molecule has 1 aliphatic rings. The molecule has 5 nitrogen and oxygen atoms in total. The van der Waals surface area contributed by atoms with Crippen LogP contribution in [0.4, 0.5) is 5.69 Å². The van der Waals surface area contributed by atoms with Gasteiger partial charge in [-0.05, 0) is 31.5 Å². The summed E-state index contributed by atoms with van der Waals surface area (Å²) in [5, 5.41) is 11.7. The highest BCUT2D eigenvalue weighted by molar-refractivity contribution is 5.92. The maximum absolute atomic E-state index is 12.0. The normalized spacial score (nSPS) is 18.7. The number of hydrogen-bond donors (Lipinski definition) is 1. The van der Waals surface area contributed by atoms with E-state index in [4.69, 9.17) is 5.26 Å². The lowest BCUT2D eigenvalue weighted by Crippen LogP contribution is -2.41. The minimum absolute atomic E-state index is 0.0575. The van der Waals surface area contributed by atoms with Crippen molar-refractivity contribution in [2.24, 2.45) is 0 Å². The number of likely N-dealkylation sites (tertiary alicyclic amines) is 1. The van der Waals surface area contributed by atoms with Crippen LogP contribution in [0.2, 0.25) is 0 Å². The van der Waals surface area contributed by atoms with Crippen LogP contribution in [-0.2, 0) is 9.59 Å². The van der Waals surface area contributed by atoms with Gasteiger partial charge in [-0.15, -0.1) is 0 Å². The van der Waals surface area contributed by atoms with Crippen LogP contribution in [0.25, 0.3) is 0 Å². The minimum Gasteiger partial charge on any atom is -0.325 e. The van der Waals surface area contributed by atoms with Gasteiger partial charge in [-0.3, -0.25) is 9.69 Å². The predicted molar refractivity (Wildman–Crippen MR) is 79.7 cm³/mol. The quantitative estimate of drug-likeness (QED) is 0.839. The lowest BCUT2D eigenvalue weighted by molar-refractivity contribution is -0.118. The lowest BCUT2D eigenvalue weighted by atomic mass is 10.0. The Morgan fingerprint density at radius 1 is 1.43 bits per heavy atom. The summed E-state index contributed by atoms with van der Waals surface area (Å²) in [5.41, 5.74) is 0.991. The van der Waals surface area contributed by atoms with Crippen LogP contribution in [0, 0.1) is 11.3 Å². The number of nitriles is 1. The van der Waals surface area contributed by atoms with Gasteiger partial charge in [0.2, 0.25) is 5.91 Å². The van der Waals surface area contributed by atoms with Crippen molar-refractivity contribution < 1.29 is 9.59 Å². The molecule has 110 valence electrons. The Labute approximate surface area is 124 Å². The molecular weight excluding hydrogens is 266 g/mol. The van der Waals surface area contributed by atoms with Gasteiger partial charge in [0, 0.05) is 13.0 Å². The zero-order valence-electron chi connectivity index (χ0n) is 11.9. The average Bonchev–Trinajstić information content (AvgIpc) is 2.53. The SMILES string of the molecule is N#Cc1ccccc1NC(=O)CCN1CCCCC1C=O. The first kappa shape index (κ1) is 15.2. The molecule has 1 aromatic rings. The standard InChI is InChI=1S/C16H19N3O2/c17-11-13-5-1-2-7-15(13)18-16(21)8-10-19-9-4-3-6-14(19)12-20/h1-2,5,7,12,14H,3-4,6,8-10H2,(H,18,21). The van der Waals surface area contributed by atoms with Crippen LogP contribution in [0.3, 0.4) is 0 Å². The highest BCUT2D eigenvalue weighted by atomic mass is 16.1. The number of nitrogens with zero attached hydrogens (tertiary/aromatic N) is 2. The Bertz CT molecular complexity index is 551. The van der Waals surface area contributed by atoms with Crippen LogP contribution in [0.15, 0.2) is 24.3 Å².